The average molecular weight is 373 g/mol. The quantitative estimate of drug-likeness (QED) is 0.365. The zero-order valence-electron chi connectivity index (χ0n) is 15.2. The summed E-state index contributed by atoms with van der Waals surface area (Å²) in [7, 11) is 2.14. The second-order valence-electron chi connectivity index (χ2n) is 6.98. The van der Waals surface area contributed by atoms with Crippen molar-refractivity contribution in [3.8, 4) is 11.5 Å². The number of rotatable bonds is 7. The molecule has 1 aromatic rings. The Hall–Kier alpha value is -1.71. The fourth-order valence-electron chi connectivity index (χ4n) is 2.97. The second-order valence-corrected chi connectivity index (χ2v) is 8.82. The van der Waals surface area contributed by atoms with Gasteiger partial charge in [0.25, 0.3) is 0 Å². The highest BCUT2D eigenvalue weighted by atomic mass is 32.2. The molecule has 0 amide bonds. The minimum absolute atomic E-state index is 0.00279. The van der Waals surface area contributed by atoms with Crippen LogP contribution in [0.2, 0.25) is 0 Å². The number of hydrogen-bond donors (Lipinski definition) is 3. The van der Waals surface area contributed by atoms with E-state index in [-0.39, 0.29) is 22.9 Å². The topological polar surface area (TPSA) is 105 Å². The lowest BCUT2D eigenvalue weighted by atomic mass is 10.2. The molecule has 0 spiro atoms. The number of sulfonamides is 1. The van der Waals surface area contributed by atoms with Gasteiger partial charge in [-0.25, -0.2) is 8.42 Å². The molecule has 1 heterocycles. The summed E-state index contributed by atoms with van der Waals surface area (Å²) in [5.41, 5.74) is 6.00. The first-order valence-electron chi connectivity index (χ1n) is 8.33. The van der Waals surface area contributed by atoms with Crippen LogP contribution in [0.3, 0.4) is 0 Å². The Labute approximate surface area is 149 Å². The number of nitrogens with zero attached hydrogens (tertiary/aromatic N) is 2. The lowest BCUT2D eigenvalue weighted by Gasteiger charge is -2.41. The first kappa shape index (κ1) is 19.6. The fourth-order valence-corrected chi connectivity index (χ4v) is 4.08. The van der Waals surface area contributed by atoms with Crippen molar-refractivity contribution in [2.24, 2.45) is 0 Å². The van der Waals surface area contributed by atoms with E-state index in [9.17, 15) is 13.5 Å². The van der Waals surface area contributed by atoms with Gasteiger partial charge >= 0.3 is 0 Å². The third kappa shape index (κ3) is 5.38. The van der Waals surface area contributed by atoms with Gasteiger partial charge in [-0.05, 0) is 7.05 Å². The Morgan fingerprint density at radius 1 is 1.36 bits per heavy atom. The Balaban J connectivity index is 1.94. The number of hydrogen-bond acceptors (Lipinski definition) is 6. The van der Waals surface area contributed by atoms with Crippen LogP contribution in [0.15, 0.2) is 12.1 Å². The number of quaternary nitrogens is 1. The van der Waals surface area contributed by atoms with Crippen molar-refractivity contribution in [3.63, 3.8) is 0 Å². The molecular formula is C16H29N4O4S+. The van der Waals surface area contributed by atoms with Crippen LogP contribution in [-0.4, -0.2) is 82.6 Å². The summed E-state index contributed by atoms with van der Waals surface area (Å²) in [6.07, 6.45) is 0.558. The molecule has 0 aliphatic carbocycles. The molecule has 0 atom stereocenters. The van der Waals surface area contributed by atoms with Crippen LogP contribution < -0.4 is 15.2 Å². The monoisotopic (exact) mass is 373 g/mol. The molecule has 0 saturated carbocycles. The first-order chi connectivity index (χ1) is 11.6. The van der Waals surface area contributed by atoms with E-state index in [0.29, 0.717) is 12.2 Å². The summed E-state index contributed by atoms with van der Waals surface area (Å²) in [5, 5.41) is 9.90. The average Bonchev–Trinajstić information content (AvgIpc) is 2.53. The second kappa shape index (κ2) is 7.67. The van der Waals surface area contributed by atoms with Crippen LogP contribution >= 0.6 is 0 Å². The van der Waals surface area contributed by atoms with Crippen molar-refractivity contribution in [1.82, 2.24) is 4.90 Å². The lowest BCUT2D eigenvalue weighted by molar-refractivity contribution is -0.913. The molecule has 25 heavy (non-hydrogen) atoms. The maximum Gasteiger partial charge on any atom is 0.233 e. The molecule has 9 heteroatoms. The molecule has 1 aromatic carbocycles. The third-order valence-electron chi connectivity index (χ3n) is 4.77. The van der Waals surface area contributed by atoms with Gasteiger partial charge in [0.2, 0.25) is 10.0 Å². The minimum atomic E-state index is -3.56. The summed E-state index contributed by atoms with van der Waals surface area (Å²) in [6, 6.07) is 2.66. The molecule has 0 aromatic heterocycles. The number of nitrogens with one attached hydrogen (secondary N) is 1. The fraction of sp³-hybridized carbons (Fsp3) is 0.625. The molecule has 1 aliphatic rings. The van der Waals surface area contributed by atoms with Crippen LogP contribution in [0.1, 0.15) is 6.42 Å². The highest BCUT2D eigenvalue weighted by molar-refractivity contribution is 7.92. The van der Waals surface area contributed by atoms with Crippen LogP contribution in [0.25, 0.3) is 0 Å². The number of likely N-dealkylation sites (N-methyl/N-ethyl adjacent to an activating group) is 2. The van der Waals surface area contributed by atoms with Crippen molar-refractivity contribution in [3.05, 3.63) is 12.1 Å². The van der Waals surface area contributed by atoms with Crippen LogP contribution in [0.4, 0.5) is 11.4 Å². The number of phenolic OH excluding ortho intramolecular Hbond substituents is 1. The van der Waals surface area contributed by atoms with E-state index in [1.807, 2.05) is 0 Å². The zero-order chi connectivity index (χ0) is 18.7. The summed E-state index contributed by atoms with van der Waals surface area (Å²) in [4.78, 5) is 2.29. The Morgan fingerprint density at radius 2 is 2.00 bits per heavy atom. The maximum atomic E-state index is 12.3. The molecular weight excluding hydrogens is 344 g/mol. The molecule has 0 radical (unpaired) electrons. The van der Waals surface area contributed by atoms with E-state index in [0.717, 1.165) is 37.2 Å². The summed E-state index contributed by atoms with van der Waals surface area (Å²) in [5.74, 6) is 0.0916. The third-order valence-corrected chi connectivity index (χ3v) is 6.12. The smallest absolute Gasteiger partial charge is 0.233 e. The van der Waals surface area contributed by atoms with Crippen LogP contribution in [0, 0.1) is 0 Å². The van der Waals surface area contributed by atoms with Crippen molar-refractivity contribution in [1.29, 1.82) is 0 Å². The Bertz CT molecular complexity index is 700. The predicted molar refractivity (Wildman–Crippen MR) is 99.4 cm³/mol. The van der Waals surface area contributed by atoms with E-state index in [1.165, 1.54) is 19.2 Å². The molecule has 2 rings (SSSR count). The van der Waals surface area contributed by atoms with E-state index in [2.05, 4.69) is 23.7 Å². The number of ether oxygens (including phenoxy) is 1. The van der Waals surface area contributed by atoms with Gasteiger partial charge in [-0.2, -0.15) is 0 Å². The molecule has 0 bridgehead atoms. The van der Waals surface area contributed by atoms with Crippen molar-refractivity contribution in [2.45, 2.75) is 6.42 Å². The summed E-state index contributed by atoms with van der Waals surface area (Å²) < 4.78 is 33.0. The molecule has 8 nitrogen and oxygen atoms in total. The van der Waals surface area contributed by atoms with E-state index in [1.54, 1.807) is 0 Å². The molecule has 142 valence electrons. The summed E-state index contributed by atoms with van der Waals surface area (Å²) in [6.45, 7) is 4.92. The van der Waals surface area contributed by atoms with E-state index >= 15 is 0 Å². The first-order valence-corrected chi connectivity index (χ1v) is 9.98. The van der Waals surface area contributed by atoms with Crippen molar-refractivity contribution >= 4 is 21.4 Å². The number of benzene rings is 1. The maximum absolute atomic E-state index is 12.3. The van der Waals surface area contributed by atoms with E-state index in [4.69, 9.17) is 10.5 Å². The van der Waals surface area contributed by atoms with Gasteiger partial charge in [0.15, 0.2) is 0 Å². The highest BCUT2D eigenvalue weighted by Gasteiger charge is 2.27. The zero-order valence-corrected chi connectivity index (χ0v) is 16.0. The number of anilines is 2. The van der Waals surface area contributed by atoms with Gasteiger partial charge in [0.05, 0.1) is 50.9 Å². The molecule has 1 saturated heterocycles. The van der Waals surface area contributed by atoms with Crippen molar-refractivity contribution < 1.29 is 22.7 Å². The van der Waals surface area contributed by atoms with Gasteiger partial charge in [0.1, 0.15) is 11.5 Å². The van der Waals surface area contributed by atoms with Gasteiger partial charge in [0, 0.05) is 31.6 Å². The number of nitrogen functional groups attached to an aromatic ring is 1. The number of phenols is 1. The van der Waals surface area contributed by atoms with E-state index < -0.39 is 10.0 Å². The normalized spacial score (nSPS) is 18.0. The Kier molecular flexibility index (Phi) is 6.02. The molecule has 1 fully saturated rings. The molecule has 4 N–H and O–H groups in total. The van der Waals surface area contributed by atoms with Gasteiger partial charge in [-0.15, -0.1) is 0 Å². The number of methoxy groups -OCH3 is 1. The molecule has 1 aliphatic heterocycles. The standard InChI is InChI=1S/C16H28N4O4S/c1-19-5-8-20(2,9-6-19)7-4-10-25(22,23)18-14-12-16(24-3)13(17)11-15(14)21/h11-12,18H,4-10,17H2,1-3H3/p+1. The number of nitrogens with two attached hydrogens (primary N) is 1. The lowest BCUT2D eigenvalue weighted by Crippen LogP contribution is -2.56. The number of aromatic hydroxyl groups is 1. The SMILES string of the molecule is COc1cc(NS(=O)(=O)CCC[N+]2(C)CCN(C)CC2)c(O)cc1N. The van der Waals surface area contributed by atoms with Crippen molar-refractivity contribution in [2.75, 3.05) is 70.1 Å². The van der Waals surface area contributed by atoms with Gasteiger partial charge in [-0.3, -0.25) is 9.62 Å². The molecule has 0 unspecified atom stereocenters. The Morgan fingerprint density at radius 3 is 2.60 bits per heavy atom. The number of piperazine rings is 1. The van der Waals surface area contributed by atoms with Crippen LogP contribution in [0.5, 0.6) is 11.5 Å². The van der Waals surface area contributed by atoms with Crippen LogP contribution in [-0.2, 0) is 10.0 Å². The highest BCUT2D eigenvalue weighted by Crippen LogP contribution is 2.34. The minimum Gasteiger partial charge on any atom is -0.506 e. The largest absolute Gasteiger partial charge is 0.506 e. The van der Waals surface area contributed by atoms with Gasteiger partial charge in [-0.1, -0.05) is 0 Å². The predicted octanol–water partition coefficient (Wildman–Crippen LogP) is 0.507. The van der Waals surface area contributed by atoms with Gasteiger partial charge < -0.3 is 20.1 Å². The summed E-state index contributed by atoms with van der Waals surface area (Å²) >= 11 is 0.